The molecule has 2 saturated carbocycles. The largest absolute Gasteiger partial charge is 0.154 e. The molecule has 7 atom stereocenters. The second kappa shape index (κ2) is 3.68. The van der Waals surface area contributed by atoms with Crippen molar-refractivity contribution >= 4 is 11.8 Å². The van der Waals surface area contributed by atoms with E-state index >= 15 is 0 Å². The van der Waals surface area contributed by atoms with Gasteiger partial charge in [-0.15, -0.1) is 0 Å². The first-order valence-corrected chi connectivity index (χ1v) is 7.80. The molecule has 0 aromatic heterocycles. The quantitative estimate of drug-likeness (QED) is 0.594. The Kier molecular flexibility index (Phi) is 2.58. The summed E-state index contributed by atoms with van der Waals surface area (Å²) >= 11 is 2.38. The number of rotatable bonds is 0. The molecule has 1 saturated heterocycles. The van der Waals surface area contributed by atoms with E-state index in [4.69, 9.17) is 0 Å². The van der Waals surface area contributed by atoms with E-state index < -0.39 is 0 Å². The van der Waals surface area contributed by atoms with E-state index in [2.05, 4.69) is 32.5 Å². The van der Waals surface area contributed by atoms with E-state index in [9.17, 15) is 0 Å². The SMILES string of the molecule is CC1C(C)C2SC3CCCCC3C2C1C. The summed E-state index contributed by atoms with van der Waals surface area (Å²) in [5.74, 6) is 5.10. The number of hydrogen-bond donors (Lipinski definition) is 0. The van der Waals surface area contributed by atoms with Crippen LogP contribution in [0.4, 0.5) is 0 Å². The van der Waals surface area contributed by atoms with Crippen LogP contribution < -0.4 is 0 Å². The van der Waals surface area contributed by atoms with Crippen LogP contribution in [-0.4, -0.2) is 10.5 Å². The fraction of sp³-hybridized carbons (Fsp3) is 1.00. The molecule has 1 heteroatoms. The van der Waals surface area contributed by atoms with E-state index in [1.54, 1.807) is 6.42 Å². The number of hydrogen-bond acceptors (Lipinski definition) is 1. The van der Waals surface area contributed by atoms with Gasteiger partial charge in [-0.25, -0.2) is 0 Å². The maximum atomic E-state index is 2.53. The molecule has 2 aliphatic carbocycles. The van der Waals surface area contributed by atoms with Crippen LogP contribution in [0.15, 0.2) is 0 Å². The Morgan fingerprint density at radius 1 is 0.867 bits per heavy atom. The minimum absolute atomic E-state index is 0.968. The second-order valence-electron chi connectivity index (χ2n) is 6.24. The van der Waals surface area contributed by atoms with Crippen molar-refractivity contribution in [2.24, 2.45) is 29.6 Å². The molecule has 1 aliphatic heterocycles. The lowest BCUT2D eigenvalue weighted by Crippen LogP contribution is -2.27. The fourth-order valence-electron chi connectivity index (χ4n) is 4.56. The summed E-state index contributed by atoms with van der Waals surface area (Å²) in [4.78, 5) is 0. The molecule has 0 bridgehead atoms. The minimum atomic E-state index is 0.968. The van der Waals surface area contributed by atoms with Crippen molar-refractivity contribution in [1.82, 2.24) is 0 Å². The third kappa shape index (κ3) is 1.41. The molecule has 0 aromatic carbocycles. The van der Waals surface area contributed by atoms with Crippen LogP contribution in [0.1, 0.15) is 46.5 Å². The third-order valence-corrected chi connectivity index (χ3v) is 7.74. The van der Waals surface area contributed by atoms with Crippen LogP contribution in [0, 0.1) is 29.6 Å². The van der Waals surface area contributed by atoms with Crippen molar-refractivity contribution in [3.8, 4) is 0 Å². The summed E-state index contributed by atoms with van der Waals surface area (Å²) < 4.78 is 0. The van der Waals surface area contributed by atoms with Gasteiger partial charge >= 0.3 is 0 Å². The molecule has 0 aromatic rings. The van der Waals surface area contributed by atoms with Gasteiger partial charge in [-0.2, -0.15) is 11.8 Å². The standard InChI is InChI=1S/C14H24S/c1-8-9(2)13-11-6-4-5-7-12(11)15-14(13)10(8)3/h8-14H,4-7H2,1-3H3. The van der Waals surface area contributed by atoms with Crippen LogP contribution >= 0.6 is 11.8 Å². The first-order valence-electron chi connectivity index (χ1n) is 6.85. The van der Waals surface area contributed by atoms with Gasteiger partial charge in [0.25, 0.3) is 0 Å². The first kappa shape index (κ1) is 10.5. The van der Waals surface area contributed by atoms with Gasteiger partial charge < -0.3 is 0 Å². The summed E-state index contributed by atoms with van der Waals surface area (Å²) in [6.07, 6.45) is 6.09. The topological polar surface area (TPSA) is 0 Å². The predicted octanol–water partition coefficient (Wildman–Crippen LogP) is 4.20. The molecule has 0 radical (unpaired) electrons. The van der Waals surface area contributed by atoms with Crippen LogP contribution in [0.3, 0.4) is 0 Å². The maximum absolute atomic E-state index is 2.53. The van der Waals surface area contributed by atoms with Crippen molar-refractivity contribution in [3.63, 3.8) is 0 Å². The highest BCUT2D eigenvalue weighted by Crippen LogP contribution is 2.61. The van der Waals surface area contributed by atoms with Crippen LogP contribution in [0.2, 0.25) is 0 Å². The molecule has 1 heterocycles. The van der Waals surface area contributed by atoms with E-state index in [0.29, 0.717) is 0 Å². The molecule has 15 heavy (non-hydrogen) atoms. The zero-order valence-electron chi connectivity index (χ0n) is 10.3. The Labute approximate surface area is 98.6 Å². The molecule has 7 unspecified atom stereocenters. The smallest absolute Gasteiger partial charge is 0.0112 e. The summed E-state index contributed by atoms with van der Waals surface area (Å²) in [5.41, 5.74) is 0. The minimum Gasteiger partial charge on any atom is -0.154 e. The van der Waals surface area contributed by atoms with Crippen LogP contribution in [0.5, 0.6) is 0 Å². The van der Waals surface area contributed by atoms with Crippen LogP contribution in [0.25, 0.3) is 0 Å². The van der Waals surface area contributed by atoms with Gasteiger partial charge in [-0.3, -0.25) is 0 Å². The van der Waals surface area contributed by atoms with Crippen molar-refractivity contribution < 1.29 is 0 Å². The monoisotopic (exact) mass is 224 g/mol. The summed E-state index contributed by atoms with van der Waals surface area (Å²) in [7, 11) is 0. The van der Waals surface area contributed by atoms with Gasteiger partial charge in [-0.1, -0.05) is 33.6 Å². The number of fused-ring (bicyclic) bond motifs is 3. The second-order valence-corrected chi connectivity index (χ2v) is 7.66. The Hall–Kier alpha value is 0.350. The Morgan fingerprint density at radius 2 is 1.60 bits per heavy atom. The Bertz CT molecular complexity index is 248. The molecule has 0 N–H and O–H groups in total. The van der Waals surface area contributed by atoms with E-state index in [1.165, 1.54) is 19.3 Å². The van der Waals surface area contributed by atoms with Crippen molar-refractivity contribution in [2.45, 2.75) is 57.0 Å². The van der Waals surface area contributed by atoms with Gasteiger partial charge in [0.15, 0.2) is 0 Å². The van der Waals surface area contributed by atoms with Gasteiger partial charge in [0.2, 0.25) is 0 Å². The molecular weight excluding hydrogens is 200 g/mol. The zero-order chi connectivity index (χ0) is 10.6. The Morgan fingerprint density at radius 3 is 2.40 bits per heavy atom. The van der Waals surface area contributed by atoms with E-state index in [-0.39, 0.29) is 0 Å². The lowest BCUT2D eigenvalue weighted by molar-refractivity contribution is 0.220. The normalized spacial score (nSPS) is 59.0. The zero-order valence-corrected chi connectivity index (χ0v) is 11.1. The summed E-state index contributed by atoms with van der Waals surface area (Å²) in [6, 6.07) is 0. The maximum Gasteiger partial charge on any atom is 0.0112 e. The molecule has 86 valence electrons. The highest BCUT2D eigenvalue weighted by molar-refractivity contribution is 8.00. The van der Waals surface area contributed by atoms with Crippen LogP contribution in [-0.2, 0) is 0 Å². The van der Waals surface area contributed by atoms with Gasteiger partial charge in [0.1, 0.15) is 0 Å². The Balaban J connectivity index is 1.85. The molecule has 0 spiro atoms. The number of thioether (sulfide) groups is 1. The lowest BCUT2D eigenvalue weighted by Gasteiger charge is -2.31. The van der Waals surface area contributed by atoms with Gasteiger partial charge in [-0.05, 0) is 42.4 Å². The highest BCUT2D eigenvalue weighted by atomic mass is 32.2. The summed E-state index contributed by atoms with van der Waals surface area (Å²) in [6.45, 7) is 7.53. The van der Waals surface area contributed by atoms with E-state index in [1.807, 2.05) is 0 Å². The molecule has 3 rings (SSSR count). The van der Waals surface area contributed by atoms with Crippen molar-refractivity contribution in [2.75, 3.05) is 0 Å². The van der Waals surface area contributed by atoms with Crippen molar-refractivity contribution in [1.29, 1.82) is 0 Å². The molecule has 3 fully saturated rings. The fourth-order valence-corrected chi connectivity index (χ4v) is 6.92. The third-order valence-electron chi connectivity index (χ3n) is 5.74. The molecule has 0 amide bonds. The predicted molar refractivity (Wildman–Crippen MR) is 68.1 cm³/mol. The lowest BCUT2D eigenvalue weighted by atomic mass is 9.75. The van der Waals surface area contributed by atoms with E-state index in [0.717, 1.165) is 40.1 Å². The average Bonchev–Trinajstić information content (AvgIpc) is 2.72. The molecular formula is C14H24S. The molecule has 3 aliphatic rings. The van der Waals surface area contributed by atoms with Gasteiger partial charge in [0, 0.05) is 10.5 Å². The van der Waals surface area contributed by atoms with Crippen molar-refractivity contribution in [3.05, 3.63) is 0 Å². The molecule has 0 nitrogen and oxygen atoms in total. The highest BCUT2D eigenvalue weighted by Gasteiger charge is 2.54. The van der Waals surface area contributed by atoms with Gasteiger partial charge in [0.05, 0.1) is 0 Å². The first-order chi connectivity index (χ1) is 7.20. The summed E-state index contributed by atoms with van der Waals surface area (Å²) in [5, 5.41) is 2.06. The average molecular weight is 224 g/mol.